The van der Waals surface area contributed by atoms with Gasteiger partial charge in [0.05, 0.1) is 18.7 Å². The molecule has 0 radical (unpaired) electrons. The van der Waals surface area contributed by atoms with E-state index in [1.807, 2.05) is 36.4 Å². The summed E-state index contributed by atoms with van der Waals surface area (Å²) in [4.78, 5) is 0. The van der Waals surface area contributed by atoms with E-state index in [0.29, 0.717) is 6.54 Å². The average molecular weight is 401 g/mol. The fourth-order valence-corrected chi connectivity index (χ4v) is 2.64. The van der Waals surface area contributed by atoms with E-state index in [1.54, 1.807) is 14.2 Å². The Kier molecular flexibility index (Phi) is 5.31. The van der Waals surface area contributed by atoms with Gasteiger partial charge in [0.15, 0.2) is 0 Å². The second kappa shape index (κ2) is 6.99. The Hall–Kier alpha value is -1.20. The molecular weight excluding hydrogens is 386 g/mol. The molecule has 0 saturated carbocycles. The number of hydrogen-bond donors (Lipinski definition) is 1. The van der Waals surface area contributed by atoms with Gasteiger partial charge in [0.1, 0.15) is 11.5 Å². The number of nitrogens with one attached hydrogen (secondary N) is 1. The highest BCUT2D eigenvalue weighted by Gasteiger charge is 2.09. The minimum atomic E-state index is 0.674. The standard InChI is InChI=1S/C15H15Br2NO2/c1-19-14-8-15(20-2)13(17)7-10(14)9-18-12-5-3-11(16)4-6-12/h3-8,18H,9H2,1-2H3. The fourth-order valence-electron chi connectivity index (χ4n) is 1.83. The van der Waals surface area contributed by atoms with Crippen molar-refractivity contribution in [3.05, 3.63) is 50.9 Å². The second-order valence-electron chi connectivity index (χ2n) is 4.16. The largest absolute Gasteiger partial charge is 0.496 e. The summed E-state index contributed by atoms with van der Waals surface area (Å²) < 4.78 is 12.6. The normalized spacial score (nSPS) is 10.2. The lowest BCUT2D eigenvalue weighted by Gasteiger charge is -2.13. The lowest BCUT2D eigenvalue weighted by Crippen LogP contribution is -2.02. The molecule has 0 aliphatic rings. The Morgan fingerprint density at radius 3 is 2.20 bits per heavy atom. The van der Waals surface area contributed by atoms with Crippen molar-refractivity contribution in [3.63, 3.8) is 0 Å². The number of benzene rings is 2. The van der Waals surface area contributed by atoms with Crippen LogP contribution in [0.2, 0.25) is 0 Å². The molecule has 0 aliphatic heterocycles. The van der Waals surface area contributed by atoms with Crippen LogP contribution in [0, 0.1) is 0 Å². The Labute approximate surface area is 135 Å². The van der Waals surface area contributed by atoms with Crippen molar-refractivity contribution in [2.24, 2.45) is 0 Å². The molecule has 0 bridgehead atoms. The number of anilines is 1. The van der Waals surface area contributed by atoms with Gasteiger partial charge in [-0.15, -0.1) is 0 Å². The van der Waals surface area contributed by atoms with Crippen molar-refractivity contribution >= 4 is 37.5 Å². The van der Waals surface area contributed by atoms with E-state index in [4.69, 9.17) is 9.47 Å². The molecule has 2 rings (SSSR count). The van der Waals surface area contributed by atoms with E-state index in [0.717, 1.165) is 31.7 Å². The summed E-state index contributed by atoms with van der Waals surface area (Å²) in [6, 6.07) is 11.9. The molecule has 0 saturated heterocycles. The molecule has 2 aromatic rings. The zero-order valence-electron chi connectivity index (χ0n) is 11.2. The summed E-state index contributed by atoms with van der Waals surface area (Å²) in [5.74, 6) is 1.56. The summed E-state index contributed by atoms with van der Waals surface area (Å²) in [6.45, 7) is 0.674. The molecule has 0 aromatic heterocycles. The molecule has 0 amide bonds. The highest BCUT2D eigenvalue weighted by molar-refractivity contribution is 9.10. The summed E-state index contributed by atoms with van der Waals surface area (Å²) in [5.41, 5.74) is 2.12. The highest BCUT2D eigenvalue weighted by Crippen LogP contribution is 2.33. The number of rotatable bonds is 5. The molecular formula is C15H15Br2NO2. The first kappa shape index (κ1) is 15.2. The van der Waals surface area contributed by atoms with Gasteiger partial charge >= 0.3 is 0 Å². The molecule has 0 aliphatic carbocycles. The Balaban J connectivity index is 2.16. The van der Waals surface area contributed by atoms with Crippen LogP contribution in [-0.2, 0) is 6.54 Å². The van der Waals surface area contributed by atoms with Gasteiger partial charge in [-0.2, -0.15) is 0 Å². The predicted molar refractivity (Wildman–Crippen MR) is 88.7 cm³/mol. The first-order valence-corrected chi connectivity index (χ1v) is 7.62. The van der Waals surface area contributed by atoms with Crippen LogP contribution >= 0.6 is 31.9 Å². The van der Waals surface area contributed by atoms with Crippen molar-refractivity contribution in [2.75, 3.05) is 19.5 Å². The number of methoxy groups -OCH3 is 2. The van der Waals surface area contributed by atoms with Gasteiger partial charge in [0.2, 0.25) is 0 Å². The van der Waals surface area contributed by atoms with Crippen molar-refractivity contribution in [1.29, 1.82) is 0 Å². The number of ether oxygens (including phenoxy) is 2. The smallest absolute Gasteiger partial charge is 0.136 e. The zero-order chi connectivity index (χ0) is 14.5. The van der Waals surface area contributed by atoms with Crippen molar-refractivity contribution < 1.29 is 9.47 Å². The molecule has 0 atom stereocenters. The van der Waals surface area contributed by atoms with Crippen LogP contribution in [0.15, 0.2) is 45.3 Å². The molecule has 0 heterocycles. The van der Waals surface area contributed by atoms with E-state index in [1.165, 1.54) is 0 Å². The zero-order valence-corrected chi connectivity index (χ0v) is 14.4. The molecule has 2 aromatic carbocycles. The van der Waals surface area contributed by atoms with Crippen molar-refractivity contribution in [1.82, 2.24) is 0 Å². The van der Waals surface area contributed by atoms with Gasteiger partial charge in [0, 0.05) is 28.3 Å². The van der Waals surface area contributed by atoms with E-state index >= 15 is 0 Å². The first-order valence-electron chi connectivity index (χ1n) is 6.04. The monoisotopic (exact) mass is 399 g/mol. The van der Waals surface area contributed by atoms with Gasteiger partial charge in [-0.05, 0) is 46.3 Å². The third kappa shape index (κ3) is 3.67. The molecule has 0 fully saturated rings. The van der Waals surface area contributed by atoms with Crippen LogP contribution in [0.5, 0.6) is 11.5 Å². The van der Waals surface area contributed by atoms with Crippen LogP contribution in [-0.4, -0.2) is 14.2 Å². The van der Waals surface area contributed by atoms with Crippen LogP contribution in [0.3, 0.4) is 0 Å². The Bertz CT molecular complexity index is 585. The van der Waals surface area contributed by atoms with Gasteiger partial charge < -0.3 is 14.8 Å². The molecule has 106 valence electrons. The summed E-state index contributed by atoms with van der Waals surface area (Å²) in [5, 5.41) is 3.37. The topological polar surface area (TPSA) is 30.5 Å². The Morgan fingerprint density at radius 2 is 1.60 bits per heavy atom. The van der Waals surface area contributed by atoms with Crippen LogP contribution in [0.1, 0.15) is 5.56 Å². The van der Waals surface area contributed by atoms with Crippen LogP contribution < -0.4 is 14.8 Å². The molecule has 20 heavy (non-hydrogen) atoms. The number of halogens is 2. The van der Waals surface area contributed by atoms with Crippen LogP contribution in [0.25, 0.3) is 0 Å². The van der Waals surface area contributed by atoms with E-state index in [-0.39, 0.29) is 0 Å². The molecule has 3 nitrogen and oxygen atoms in total. The summed E-state index contributed by atoms with van der Waals surface area (Å²) in [7, 11) is 3.30. The van der Waals surface area contributed by atoms with Gasteiger partial charge in [-0.1, -0.05) is 15.9 Å². The third-order valence-electron chi connectivity index (χ3n) is 2.88. The summed E-state index contributed by atoms with van der Waals surface area (Å²) >= 11 is 6.91. The third-order valence-corrected chi connectivity index (χ3v) is 4.03. The lowest BCUT2D eigenvalue weighted by atomic mass is 10.2. The second-order valence-corrected chi connectivity index (χ2v) is 5.93. The lowest BCUT2D eigenvalue weighted by molar-refractivity contribution is 0.390. The van der Waals surface area contributed by atoms with E-state index in [9.17, 15) is 0 Å². The van der Waals surface area contributed by atoms with Gasteiger partial charge in [-0.3, -0.25) is 0 Å². The van der Waals surface area contributed by atoms with Crippen molar-refractivity contribution in [2.45, 2.75) is 6.54 Å². The SMILES string of the molecule is COc1cc(OC)c(CNc2ccc(Br)cc2)cc1Br. The fraction of sp³-hybridized carbons (Fsp3) is 0.200. The molecule has 1 N–H and O–H groups in total. The first-order chi connectivity index (χ1) is 9.63. The maximum atomic E-state index is 5.40. The highest BCUT2D eigenvalue weighted by atomic mass is 79.9. The molecule has 0 spiro atoms. The maximum absolute atomic E-state index is 5.40. The minimum absolute atomic E-state index is 0.674. The Morgan fingerprint density at radius 1 is 0.950 bits per heavy atom. The minimum Gasteiger partial charge on any atom is -0.496 e. The quantitative estimate of drug-likeness (QED) is 0.778. The van der Waals surface area contributed by atoms with E-state index < -0.39 is 0 Å². The number of hydrogen-bond acceptors (Lipinski definition) is 3. The van der Waals surface area contributed by atoms with Gasteiger partial charge in [0.25, 0.3) is 0 Å². The molecule has 5 heteroatoms. The predicted octanol–water partition coefficient (Wildman–Crippen LogP) is 4.84. The van der Waals surface area contributed by atoms with E-state index in [2.05, 4.69) is 37.2 Å². The molecule has 0 unspecified atom stereocenters. The summed E-state index contributed by atoms with van der Waals surface area (Å²) in [6.07, 6.45) is 0. The maximum Gasteiger partial charge on any atom is 0.136 e. The van der Waals surface area contributed by atoms with Crippen LogP contribution in [0.4, 0.5) is 5.69 Å². The van der Waals surface area contributed by atoms with Crippen molar-refractivity contribution in [3.8, 4) is 11.5 Å². The van der Waals surface area contributed by atoms with Gasteiger partial charge in [-0.25, -0.2) is 0 Å². The average Bonchev–Trinajstić information content (AvgIpc) is 2.46.